The van der Waals surface area contributed by atoms with Gasteiger partial charge in [-0.3, -0.25) is 9.59 Å². The monoisotopic (exact) mass is 364 g/mol. The first kappa shape index (κ1) is 20.5. The van der Waals surface area contributed by atoms with Gasteiger partial charge in [-0.25, -0.2) is 0 Å². The fourth-order valence-corrected chi connectivity index (χ4v) is 3.66. The quantitative estimate of drug-likeness (QED) is 0.619. The Morgan fingerprint density at radius 3 is 2.58 bits per heavy atom. The maximum atomic E-state index is 12.6. The minimum absolute atomic E-state index is 0.0421. The molecule has 0 aliphatic heterocycles. The van der Waals surface area contributed by atoms with Crippen LogP contribution < -0.4 is 10.9 Å². The van der Waals surface area contributed by atoms with E-state index in [0.717, 1.165) is 67.5 Å². The summed E-state index contributed by atoms with van der Waals surface area (Å²) in [6.07, 6.45) is 5.28. The Hall–Kier alpha value is -1.82. The number of amides is 1. The molecule has 0 aromatic carbocycles. The van der Waals surface area contributed by atoms with Crippen LogP contribution in [0.15, 0.2) is 4.79 Å². The van der Waals surface area contributed by atoms with Crippen LogP contribution in [0.2, 0.25) is 0 Å². The van der Waals surface area contributed by atoms with E-state index in [4.69, 9.17) is 0 Å². The van der Waals surface area contributed by atoms with Gasteiger partial charge in [0, 0.05) is 17.3 Å². The number of aromatic amines is 1. The van der Waals surface area contributed by atoms with E-state index >= 15 is 0 Å². The van der Waals surface area contributed by atoms with Crippen molar-refractivity contribution in [3.05, 3.63) is 27.2 Å². The molecule has 146 valence electrons. The SMILES string of the molecule is CC[N+](C)(CC)CCC[C@@H](C)NC(=O)c1c(O)c2c([nH]c1=O)CCCC2. The van der Waals surface area contributed by atoms with Gasteiger partial charge < -0.3 is 19.9 Å². The zero-order valence-corrected chi connectivity index (χ0v) is 16.7. The number of nitrogens with one attached hydrogen (secondary N) is 2. The van der Waals surface area contributed by atoms with Crippen LogP contribution in [-0.4, -0.2) is 53.2 Å². The maximum absolute atomic E-state index is 12.6. The van der Waals surface area contributed by atoms with Gasteiger partial charge in [-0.15, -0.1) is 0 Å². The zero-order chi connectivity index (χ0) is 19.3. The van der Waals surface area contributed by atoms with Crippen molar-refractivity contribution in [1.29, 1.82) is 0 Å². The van der Waals surface area contributed by atoms with Crippen LogP contribution in [0.5, 0.6) is 5.75 Å². The molecule has 1 amide bonds. The van der Waals surface area contributed by atoms with Crippen molar-refractivity contribution in [2.24, 2.45) is 0 Å². The summed E-state index contributed by atoms with van der Waals surface area (Å²) in [5.74, 6) is -0.609. The molecule has 1 aliphatic carbocycles. The highest BCUT2D eigenvalue weighted by Gasteiger charge is 2.25. The highest BCUT2D eigenvalue weighted by Crippen LogP contribution is 2.28. The lowest BCUT2D eigenvalue weighted by molar-refractivity contribution is -0.906. The van der Waals surface area contributed by atoms with Crippen molar-refractivity contribution < 1.29 is 14.4 Å². The second-order valence-corrected chi connectivity index (χ2v) is 7.83. The van der Waals surface area contributed by atoms with Crippen molar-refractivity contribution in [2.45, 2.75) is 65.3 Å². The van der Waals surface area contributed by atoms with Crippen LogP contribution in [0.25, 0.3) is 0 Å². The van der Waals surface area contributed by atoms with Crippen molar-refractivity contribution in [2.75, 3.05) is 26.7 Å². The Bertz CT molecular complexity index is 692. The molecule has 3 N–H and O–H groups in total. The zero-order valence-electron chi connectivity index (χ0n) is 16.7. The molecule has 6 nitrogen and oxygen atoms in total. The number of hydrogen-bond acceptors (Lipinski definition) is 3. The number of aromatic hydroxyl groups is 1. The van der Waals surface area contributed by atoms with E-state index in [1.54, 1.807) is 0 Å². The number of carbonyl (C=O) groups excluding carboxylic acids is 1. The summed E-state index contributed by atoms with van der Waals surface area (Å²) in [5, 5.41) is 13.3. The second-order valence-electron chi connectivity index (χ2n) is 7.83. The first-order valence-electron chi connectivity index (χ1n) is 9.92. The van der Waals surface area contributed by atoms with E-state index in [1.165, 1.54) is 0 Å². The molecule has 1 atom stereocenters. The van der Waals surface area contributed by atoms with E-state index in [2.05, 4.69) is 31.2 Å². The highest BCUT2D eigenvalue weighted by atomic mass is 16.3. The molecule has 0 unspecified atom stereocenters. The summed E-state index contributed by atoms with van der Waals surface area (Å²) in [6, 6.07) is -0.0421. The fourth-order valence-electron chi connectivity index (χ4n) is 3.66. The molecule has 0 bridgehead atoms. The predicted octanol–water partition coefficient (Wildman–Crippen LogP) is 2.34. The molecule has 1 heterocycles. The Morgan fingerprint density at radius 2 is 1.92 bits per heavy atom. The summed E-state index contributed by atoms with van der Waals surface area (Å²) in [6.45, 7) is 9.59. The lowest BCUT2D eigenvalue weighted by Crippen LogP contribution is -2.45. The number of rotatable bonds is 8. The van der Waals surface area contributed by atoms with Crippen LogP contribution in [0, 0.1) is 0 Å². The smallest absolute Gasteiger partial charge is 0.264 e. The molecule has 0 saturated carbocycles. The molecule has 6 heteroatoms. The Labute approximate surface area is 156 Å². The molecule has 2 rings (SSSR count). The molecule has 0 radical (unpaired) electrons. The molecule has 1 aromatic heterocycles. The Balaban J connectivity index is 2.00. The van der Waals surface area contributed by atoms with Crippen LogP contribution in [-0.2, 0) is 12.8 Å². The van der Waals surface area contributed by atoms with Crippen molar-refractivity contribution in [1.82, 2.24) is 10.3 Å². The standard InChI is InChI=1S/C20H33N3O3/c1-5-23(4,6-2)13-9-10-14(3)21-19(25)17-18(24)15-11-7-8-12-16(15)22-20(17)26/h14H,5-13H2,1-4H3,(H2-,21,22,24,25,26)/p+1/t14-/m1/s1. The third kappa shape index (κ3) is 4.67. The molecule has 0 fully saturated rings. The Morgan fingerprint density at radius 1 is 1.27 bits per heavy atom. The van der Waals surface area contributed by atoms with E-state index in [-0.39, 0.29) is 17.4 Å². The van der Waals surface area contributed by atoms with E-state index < -0.39 is 11.5 Å². The maximum Gasteiger partial charge on any atom is 0.264 e. The van der Waals surface area contributed by atoms with Gasteiger partial charge in [-0.1, -0.05) is 0 Å². The molecule has 26 heavy (non-hydrogen) atoms. The summed E-state index contributed by atoms with van der Waals surface area (Å²) in [4.78, 5) is 27.6. The summed E-state index contributed by atoms with van der Waals surface area (Å²) in [5.41, 5.74) is 0.876. The summed E-state index contributed by atoms with van der Waals surface area (Å²) >= 11 is 0. The number of quaternary nitrogens is 1. The molecular formula is C20H34N3O3+. The number of H-pyrrole nitrogens is 1. The number of pyridine rings is 1. The number of carbonyl (C=O) groups is 1. The number of aryl methyl sites for hydroxylation is 1. The van der Waals surface area contributed by atoms with Gasteiger partial charge in [0.05, 0.1) is 26.7 Å². The third-order valence-corrected chi connectivity index (χ3v) is 5.95. The third-order valence-electron chi connectivity index (χ3n) is 5.95. The summed E-state index contributed by atoms with van der Waals surface area (Å²) < 4.78 is 1.02. The fraction of sp³-hybridized carbons (Fsp3) is 0.700. The largest absolute Gasteiger partial charge is 0.507 e. The average molecular weight is 365 g/mol. The van der Waals surface area contributed by atoms with Gasteiger partial charge >= 0.3 is 0 Å². The molecule has 0 spiro atoms. The number of nitrogens with zero attached hydrogens (tertiary/aromatic N) is 1. The minimum atomic E-state index is -0.492. The highest BCUT2D eigenvalue weighted by molar-refractivity contribution is 5.97. The van der Waals surface area contributed by atoms with Crippen LogP contribution >= 0.6 is 0 Å². The molecule has 1 aromatic rings. The number of fused-ring (bicyclic) bond motifs is 1. The van der Waals surface area contributed by atoms with Gasteiger partial charge in [0.1, 0.15) is 11.3 Å². The van der Waals surface area contributed by atoms with Gasteiger partial charge in [0.15, 0.2) is 0 Å². The van der Waals surface area contributed by atoms with Crippen molar-refractivity contribution >= 4 is 5.91 Å². The van der Waals surface area contributed by atoms with Crippen molar-refractivity contribution in [3.63, 3.8) is 0 Å². The van der Waals surface area contributed by atoms with Crippen LogP contribution in [0.3, 0.4) is 0 Å². The normalized spacial score (nSPS) is 15.4. The predicted molar refractivity (Wildman–Crippen MR) is 104 cm³/mol. The number of aromatic nitrogens is 1. The lowest BCUT2D eigenvalue weighted by Gasteiger charge is -2.32. The second kappa shape index (κ2) is 8.71. The molecular weight excluding hydrogens is 330 g/mol. The first-order chi connectivity index (χ1) is 12.3. The van der Waals surface area contributed by atoms with Gasteiger partial charge in [0.2, 0.25) is 0 Å². The van der Waals surface area contributed by atoms with Gasteiger partial charge in [0.25, 0.3) is 11.5 Å². The van der Waals surface area contributed by atoms with Crippen LogP contribution in [0.4, 0.5) is 0 Å². The topological polar surface area (TPSA) is 82.2 Å². The van der Waals surface area contributed by atoms with E-state index in [1.807, 2.05) is 6.92 Å². The van der Waals surface area contributed by atoms with E-state index in [9.17, 15) is 14.7 Å². The summed E-state index contributed by atoms with van der Waals surface area (Å²) in [7, 11) is 2.24. The van der Waals surface area contributed by atoms with Gasteiger partial charge in [-0.2, -0.15) is 0 Å². The van der Waals surface area contributed by atoms with Crippen molar-refractivity contribution in [3.8, 4) is 5.75 Å². The lowest BCUT2D eigenvalue weighted by atomic mass is 9.93. The van der Waals surface area contributed by atoms with Gasteiger partial charge in [-0.05, 0) is 59.3 Å². The number of hydrogen-bond donors (Lipinski definition) is 3. The molecule has 0 saturated heterocycles. The van der Waals surface area contributed by atoms with Crippen LogP contribution in [0.1, 0.15) is 68.1 Å². The Kier molecular flexibility index (Phi) is 6.87. The van der Waals surface area contributed by atoms with E-state index in [0.29, 0.717) is 6.42 Å². The first-order valence-corrected chi connectivity index (χ1v) is 9.92. The average Bonchev–Trinajstić information content (AvgIpc) is 2.61. The molecule has 1 aliphatic rings. The minimum Gasteiger partial charge on any atom is -0.507 e.